The SMILES string of the molecule is CCC(C(=O)NC1CCCC1)N(Cc1ccccc1C)C(=O)CN(c1ccc(Br)cc1)S(=O)(=O)c1ccc(C)cc1. The van der Waals surface area contributed by atoms with Gasteiger partial charge >= 0.3 is 0 Å². The Hall–Kier alpha value is -3.17. The first-order valence-electron chi connectivity index (χ1n) is 14.1. The van der Waals surface area contributed by atoms with E-state index in [9.17, 15) is 18.0 Å². The average molecular weight is 641 g/mol. The summed E-state index contributed by atoms with van der Waals surface area (Å²) in [6, 6.07) is 20.5. The van der Waals surface area contributed by atoms with Gasteiger partial charge in [-0.1, -0.05) is 77.7 Å². The van der Waals surface area contributed by atoms with Crippen LogP contribution in [0.1, 0.15) is 55.7 Å². The van der Waals surface area contributed by atoms with Gasteiger partial charge in [-0.2, -0.15) is 0 Å². The van der Waals surface area contributed by atoms with Crippen LogP contribution in [0.2, 0.25) is 0 Å². The highest BCUT2D eigenvalue weighted by Crippen LogP contribution is 2.27. The number of halogens is 1. The van der Waals surface area contributed by atoms with E-state index in [1.807, 2.05) is 45.0 Å². The highest BCUT2D eigenvalue weighted by molar-refractivity contribution is 9.10. The van der Waals surface area contributed by atoms with Gasteiger partial charge in [0.2, 0.25) is 11.8 Å². The molecule has 3 aromatic carbocycles. The number of aryl methyl sites for hydroxylation is 2. The summed E-state index contributed by atoms with van der Waals surface area (Å²) in [6.45, 7) is 5.48. The first-order chi connectivity index (χ1) is 19.6. The summed E-state index contributed by atoms with van der Waals surface area (Å²) in [5, 5.41) is 3.15. The van der Waals surface area contributed by atoms with Gasteiger partial charge in [0.1, 0.15) is 12.6 Å². The van der Waals surface area contributed by atoms with Crippen molar-refractivity contribution in [1.29, 1.82) is 0 Å². The van der Waals surface area contributed by atoms with Crippen LogP contribution < -0.4 is 9.62 Å². The molecule has 1 atom stereocenters. The lowest BCUT2D eigenvalue weighted by atomic mass is 10.1. The zero-order valence-electron chi connectivity index (χ0n) is 23.8. The van der Waals surface area contributed by atoms with Crippen molar-refractivity contribution in [3.63, 3.8) is 0 Å². The van der Waals surface area contributed by atoms with Crippen molar-refractivity contribution in [1.82, 2.24) is 10.2 Å². The molecule has 0 radical (unpaired) electrons. The Morgan fingerprint density at radius 1 is 0.951 bits per heavy atom. The van der Waals surface area contributed by atoms with E-state index in [2.05, 4.69) is 21.2 Å². The molecule has 0 aromatic heterocycles. The van der Waals surface area contributed by atoms with Gasteiger partial charge in [-0.15, -0.1) is 0 Å². The van der Waals surface area contributed by atoms with Gasteiger partial charge in [-0.3, -0.25) is 13.9 Å². The molecule has 0 spiro atoms. The largest absolute Gasteiger partial charge is 0.352 e. The first-order valence-corrected chi connectivity index (χ1v) is 16.3. The molecule has 9 heteroatoms. The van der Waals surface area contributed by atoms with Crippen LogP contribution in [0.4, 0.5) is 5.69 Å². The highest BCUT2D eigenvalue weighted by atomic mass is 79.9. The number of hydrogen-bond acceptors (Lipinski definition) is 4. The normalized spacial score (nSPS) is 14.4. The second kappa shape index (κ2) is 13.7. The number of sulfonamides is 1. The standard InChI is InChI=1S/C32H38BrN3O4S/c1-4-30(32(38)34-27-11-7-8-12-27)35(21-25-10-6-5-9-24(25)3)31(37)22-36(28-17-15-26(33)16-18-28)41(39,40)29-19-13-23(2)14-20-29/h5-6,9-10,13-20,27,30H,4,7-8,11-12,21-22H2,1-3H3,(H,34,38). The van der Waals surface area contributed by atoms with Gasteiger partial charge in [0, 0.05) is 17.1 Å². The van der Waals surface area contributed by atoms with E-state index >= 15 is 0 Å². The number of anilines is 1. The molecule has 1 fully saturated rings. The maximum absolute atomic E-state index is 14.2. The molecule has 0 saturated heterocycles. The molecule has 41 heavy (non-hydrogen) atoms. The van der Waals surface area contributed by atoms with Crippen LogP contribution in [0.3, 0.4) is 0 Å². The van der Waals surface area contributed by atoms with Crippen molar-refractivity contribution in [3.05, 3.63) is 94.0 Å². The summed E-state index contributed by atoms with van der Waals surface area (Å²) >= 11 is 3.41. The average Bonchev–Trinajstić information content (AvgIpc) is 3.46. The number of hydrogen-bond donors (Lipinski definition) is 1. The molecule has 1 aliphatic carbocycles. The van der Waals surface area contributed by atoms with Crippen molar-refractivity contribution in [3.8, 4) is 0 Å². The van der Waals surface area contributed by atoms with E-state index < -0.39 is 28.5 Å². The van der Waals surface area contributed by atoms with Gasteiger partial charge in [0.25, 0.3) is 10.0 Å². The van der Waals surface area contributed by atoms with E-state index in [4.69, 9.17) is 0 Å². The molecule has 4 rings (SSSR count). The van der Waals surface area contributed by atoms with Crippen molar-refractivity contribution in [2.24, 2.45) is 0 Å². The van der Waals surface area contributed by atoms with Crippen LogP contribution in [0.5, 0.6) is 0 Å². The number of rotatable bonds is 11. The molecule has 3 aromatic rings. The predicted octanol–water partition coefficient (Wildman–Crippen LogP) is 6.13. The first kappa shape index (κ1) is 30.8. The molecule has 1 unspecified atom stereocenters. The highest BCUT2D eigenvalue weighted by Gasteiger charge is 2.34. The summed E-state index contributed by atoms with van der Waals surface area (Å²) in [5.41, 5.74) is 3.19. The van der Waals surface area contributed by atoms with Crippen LogP contribution in [0.15, 0.2) is 82.2 Å². The quantitative estimate of drug-likeness (QED) is 0.274. The van der Waals surface area contributed by atoms with Crippen molar-refractivity contribution < 1.29 is 18.0 Å². The lowest BCUT2D eigenvalue weighted by molar-refractivity contribution is -0.140. The second-order valence-electron chi connectivity index (χ2n) is 10.7. The van der Waals surface area contributed by atoms with Crippen molar-refractivity contribution in [2.75, 3.05) is 10.8 Å². The summed E-state index contributed by atoms with van der Waals surface area (Å²) in [5.74, 6) is -0.641. The molecule has 218 valence electrons. The third-order valence-electron chi connectivity index (χ3n) is 7.69. The lowest BCUT2D eigenvalue weighted by Gasteiger charge is -2.34. The Morgan fingerprint density at radius 3 is 2.20 bits per heavy atom. The van der Waals surface area contributed by atoms with Crippen LogP contribution in [-0.4, -0.2) is 43.8 Å². The topological polar surface area (TPSA) is 86.8 Å². The minimum absolute atomic E-state index is 0.0929. The van der Waals surface area contributed by atoms with E-state index in [1.54, 1.807) is 53.4 Å². The maximum atomic E-state index is 14.2. The smallest absolute Gasteiger partial charge is 0.264 e. The van der Waals surface area contributed by atoms with Gasteiger partial charge in [-0.25, -0.2) is 8.42 Å². The Kier molecular flexibility index (Phi) is 10.3. The van der Waals surface area contributed by atoms with E-state index in [1.165, 1.54) is 0 Å². The van der Waals surface area contributed by atoms with Crippen LogP contribution in [-0.2, 0) is 26.2 Å². The Balaban J connectivity index is 1.72. The Labute approximate surface area is 252 Å². The van der Waals surface area contributed by atoms with E-state index in [0.29, 0.717) is 12.1 Å². The molecule has 7 nitrogen and oxygen atoms in total. The fraction of sp³-hybridized carbons (Fsp3) is 0.375. The van der Waals surface area contributed by atoms with Crippen LogP contribution >= 0.6 is 15.9 Å². The minimum atomic E-state index is -4.09. The van der Waals surface area contributed by atoms with E-state index in [-0.39, 0.29) is 23.4 Å². The fourth-order valence-electron chi connectivity index (χ4n) is 5.23. The lowest BCUT2D eigenvalue weighted by Crippen LogP contribution is -2.53. The van der Waals surface area contributed by atoms with Crippen LogP contribution in [0, 0.1) is 13.8 Å². The fourth-order valence-corrected chi connectivity index (χ4v) is 6.91. The summed E-state index contributed by atoms with van der Waals surface area (Å²) in [6.07, 6.45) is 4.42. The molecule has 2 amide bonds. The maximum Gasteiger partial charge on any atom is 0.264 e. The molecule has 0 bridgehead atoms. The zero-order chi connectivity index (χ0) is 29.6. The molecule has 1 N–H and O–H groups in total. The summed E-state index contributed by atoms with van der Waals surface area (Å²) in [4.78, 5) is 29.4. The third-order valence-corrected chi connectivity index (χ3v) is 10.0. The molecule has 0 aliphatic heterocycles. The number of carbonyl (C=O) groups excluding carboxylic acids is 2. The van der Waals surface area contributed by atoms with Gasteiger partial charge < -0.3 is 10.2 Å². The van der Waals surface area contributed by atoms with Gasteiger partial charge in [0.15, 0.2) is 0 Å². The molecule has 0 heterocycles. The Bertz CT molecular complexity index is 1450. The van der Waals surface area contributed by atoms with Crippen molar-refractivity contribution >= 4 is 43.5 Å². The molecular formula is C32H38BrN3O4S. The number of nitrogens with one attached hydrogen (secondary N) is 1. The summed E-state index contributed by atoms with van der Waals surface area (Å²) in [7, 11) is -4.09. The number of carbonyl (C=O) groups is 2. The second-order valence-corrected chi connectivity index (χ2v) is 13.4. The minimum Gasteiger partial charge on any atom is -0.352 e. The van der Waals surface area contributed by atoms with Gasteiger partial charge in [0.05, 0.1) is 10.6 Å². The molecule has 1 aliphatic rings. The number of amides is 2. The third kappa shape index (κ3) is 7.57. The molecule has 1 saturated carbocycles. The zero-order valence-corrected chi connectivity index (χ0v) is 26.2. The summed E-state index contributed by atoms with van der Waals surface area (Å²) < 4.78 is 29.9. The monoisotopic (exact) mass is 639 g/mol. The Morgan fingerprint density at radius 2 is 1.59 bits per heavy atom. The predicted molar refractivity (Wildman–Crippen MR) is 166 cm³/mol. The van der Waals surface area contributed by atoms with Crippen molar-refractivity contribution in [2.45, 2.75) is 76.4 Å². The number of benzene rings is 3. The van der Waals surface area contributed by atoms with Crippen LogP contribution in [0.25, 0.3) is 0 Å². The number of nitrogens with zero attached hydrogens (tertiary/aromatic N) is 2. The van der Waals surface area contributed by atoms with Gasteiger partial charge in [-0.05, 0) is 80.6 Å². The van der Waals surface area contributed by atoms with E-state index in [0.717, 1.165) is 51.2 Å². The molecular weight excluding hydrogens is 602 g/mol.